The van der Waals surface area contributed by atoms with Crippen molar-refractivity contribution in [3.05, 3.63) is 185 Å². The number of amides is 2. The first-order chi connectivity index (χ1) is 33.2. The van der Waals surface area contributed by atoms with Crippen molar-refractivity contribution in [2.75, 3.05) is 24.7 Å². The Bertz CT molecular complexity index is 3680. The number of rotatable bonds is 11. The normalized spacial score (nSPS) is 11.1. The second kappa shape index (κ2) is 18.0. The first-order valence-electron chi connectivity index (χ1n) is 21.4. The van der Waals surface area contributed by atoms with E-state index in [2.05, 4.69) is 16.0 Å². The quantitative estimate of drug-likeness (QED) is 0.0406. The van der Waals surface area contributed by atoms with Gasteiger partial charge >= 0.3 is 23.9 Å². The van der Waals surface area contributed by atoms with Gasteiger partial charge in [0, 0.05) is 37.1 Å². The number of ether oxygens (including phenoxy) is 2. The summed E-state index contributed by atoms with van der Waals surface area (Å²) in [4.78, 5) is 77.1. The smallest absolute Gasteiger partial charge is 0.343 e. The van der Waals surface area contributed by atoms with Crippen molar-refractivity contribution in [3.8, 4) is 28.4 Å². The summed E-state index contributed by atoms with van der Waals surface area (Å²) in [6.45, 7) is 1.84. The molecule has 0 aliphatic carbocycles. The van der Waals surface area contributed by atoms with Crippen LogP contribution in [0.1, 0.15) is 67.7 Å². The van der Waals surface area contributed by atoms with E-state index in [0.717, 1.165) is 22.2 Å². The van der Waals surface area contributed by atoms with Crippen LogP contribution in [0.5, 0.6) is 17.2 Å². The van der Waals surface area contributed by atoms with Crippen molar-refractivity contribution in [3.63, 3.8) is 0 Å². The number of carbonyl (C=O) groups excluding carboxylic acids is 4. The van der Waals surface area contributed by atoms with Crippen LogP contribution < -0.4 is 25.4 Å². The van der Waals surface area contributed by atoms with Gasteiger partial charge in [0.1, 0.15) is 17.2 Å². The first kappa shape index (κ1) is 44.6. The van der Waals surface area contributed by atoms with Crippen LogP contribution in [0.2, 0.25) is 0 Å². The first-order valence-corrected chi connectivity index (χ1v) is 21.4. The summed E-state index contributed by atoms with van der Waals surface area (Å²) in [6.07, 6.45) is 0. The fourth-order valence-electron chi connectivity index (χ4n) is 8.28. The van der Waals surface area contributed by atoms with Crippen LogP contribution in [0, 0.1) is 6.92 Å². The standard InChI is InChI=1S/C55H39N3O11/c1-28-16-40(9-14-43(28)44-15-8-39(56-2)27-49(44)59)58-51(61)46-24-38-22-34-20-32(7-5-30(34)18-36(38)26-48(46)53(64)65)55(67)69-42-12-10-41(11-13-42)68-54(66)31-6-4-29-17-35-25-47(52(62)63)45(50(60)57-3)23-37(35)21-33(29)19-31/h4-27,56,59H,1-3H3,(H,57,60)(H,58,61)(H,62,63)(H,64,65). The number of fused-ring (bicyclic) bond motifs is 4. The maximum atomic E-state index is 13.7. The lowest BCUT2D eigenvalue weighted by Gasteiger charge is -2.14. The summed E-state index contributed by atoms with van der Waals surface area (Å²) in [7, 11) is 3.17. The molecule has 6 N–H and O–H groups in total. The Kier molecular flexibility index (Phi) is 11.7. The lowest BCUT2D eigenvalue weighted by Crippen LogP contribution is -2.21. The molecule has 0 fully saturated rings. The molecule has 0 heterocycles. The summed E-state index contributed by atoms with van der Waals surface area (Å²) in [5, 5.41) is 43.8. The van der Waals surface area contributed by atoms with Crippen molar-refractivity contribution >= 4 is 90.2 Å². The molecule has 2 amide bonds. The van der Waals surface area contributed by atoms with Gasteiger partial charge in [-0.05, 0) is 182 Å². The predicted molar refractivity (Wildman–Crippen MR) is 262 cm³/mol. The summed E-state index contributed by atoms with van der Waals surface area (Å²) in [5.41, 5.74) is 3.42. The second-order valence-electron chi connectivity index (χ2n) is 16.2. The van der Waals surface area contributed by atoms with Crippen LogP contribution in [0.25, 0.3) is 54.2 Å². The molecule has 69 heavy (non-hydrogen) atoms. The zero-order valence-electron chi connectivity index (χ0n) is 37.0. The van der Waals surface area contributed by atoms with E-state index in [4.69, 9.17) is 9.47 Å². The number of aryl methyl sites for hydroxylation is 1. The van der Waals surface area contributed by atoms with Gasteiger partial charge < -0.3 is 40.7 Å². The van der Waals surface area contributed by atoms with Crippen molar-refractivity contribution in [1.29, 1.82) is 0 Å². The van der Waals surface area contributed by atoms with Gasteiger partial charge in [-0.3, -0.25) is 9.59 Å². The van der Waals surface area contributed by atoms with E-state index in [-0.39, 0.29) is 50.6 Å². The number of phenolic OH excluding ortho intramolecular Hbond substituents is 1. The van der Waals surface area contributed by atoms with Crippen LogP contribution in [-0.4, -0.2) is 65.1 Å². The number of hydrogen-bond acceptors (Lipinski definition) is 10. The number of carbonyl (C=O) groups is 6. The van der Waals surface area contributed by atoms with E-state index in [0.29, 0.717) is 49.0 Å². The summed E-state index contributed by atoms with van der Waals surface area (Å²) < 4.78 is 11.3. The van der Waals surface area contributed by atoms with Crippen LogP contribution in [0.15, 0.2) is 146 Å². The summed E-state index contributed by atoms with van der Waals surface area (Å²) in [6, 6.07) is 39.2. The van der Waals surface area contributed by atoms with Crippen LogP contribution in [0.3, 0.4) is 0 Å². The third-order valence-electron chi connectivity index (χ3n) is 11.8. The topological polar surface area (TPSA) is 218 Å². The van der Waals surface area contributed by atoms with Crippen molar-refractivity contribution in [2.24, 2.45) is 0 Å². The SMILES string of the molecule is CNC(=O)c1cc2cc3cc(C(=O)Oc4ccc(OC(=O)c5ccc6cc7cc(C(=O)O)c(C(=O)Nc8ccc(-c9ccc(NC)cc9O)c(C)c8)cc7cc6c5)cc4)ccc3cc2cc1C(=O)O. The Morgan fingerprint density at radius 2 is 0.870 bits per heavy atom. The number of benzene rings is 9. The minimum Gasteiger partial charge on any atom is -0.507 e. The lowest BCUT2D eigenvalue weighted by atomic mass is 9.96. The van der Waals surface area contributed by atoms with E-state index >= 15 is 0 Å². The van der Waals surface area contributed by atoms with Gasteiger partial charge in [-0.1, -0.05) is 18.2 Å². The number of phenols is 1. The number of carboxylic acid groups (broad SMARTS) is 2. The molecule has 0 radical (unpaired) electrons. The molecule has 340 valence electrons. The molecule has 9 aromatic rings. The van der Waals surface area contributed by atoms with E-state index in [9.17, 15) is 44.1 Å². The number of hydrogen-bond donors (Lipinski definition) is 6. The Balaban J connectivity index is 0.892. The summed E-state index contributed by atoms with van der Waals surface area (Å²) >= 11 is 0. The molecule has 14 heteroatoms. The van der Waals surface area contributed by atoms with Crippen molar-refractivity contribution in [2.45, 2.75) is 6.92 Å². The number of aromatic carboxylic acids is 2. The largest absolute Gasteiger partial charge is 0.507 e. The Morgan fingerprint density at radius 3 is 1.32 bits per heavy atom. The molecule has 0 aliphatic heterocycles. The molecule has 0 bridgehead atoms. The molecule has 0 unspecified atom stereocenters. The van der Waals surface area contributed by atoms with Gasteiger partial charge in [-0.25, -0.2) is 19.2 Å². The monoisotopic (exact) mass is 917 g/mol. The van der Waals surface area contributed by atoms with E-state index in [1.54, 1.807) is 98.0 Å². The fourth-order valence-corrected chi connectivity index (χ4v) is 8.28. The molecule has 9 aromatic carbocycles. The maximum Gasteiger partial charge on any atom is 0.343 e. The molecule has 0 spiro atoms. The van der Waals surface area contributed by atoms with Crippen molar-refractivity contribution < 1.29 is 53.6 Å². The van der Waals surface area contributed by atoms with Gasteiger partial charge in [0.15, 0.2) is 0 Å². The number of carboxylic acids is 2. The molecule has 9 rings (SSSR count). The highest BCUT2D eigenvalue weighted by atomic mass is 16.5. The second-order valence-corrected chi connectivity index (χ2v) is 16.2. The number of aromatic hydroxyl groups is 1. The lowest BCUT2D eigenvalue weighted by molar-refractivity contribution is 0.0683. The predicted octanol–water partition coefficient (Wildman–Crippen LogP) is 10.5. The summed E-state index contributed by atoms with van der Waals surface area (Å²) in [5.74, 6) is -4.54. The van der Waals surface area contributed by atoms with Crippen LogP contribution >= 0.6 is 0 Å². The highest BCUT2D eigenvalue weighted by molar-refractivity contribution is 6.15. The molecular weight excluding hydrogens is 879 g/mol. The van der Waals surface area contributed by atoms with Gasteiger partial charge in [-0.15, -0.1) is 0 Å². The minimum absolute atomic E-state index is 0.0107. The van der Waals surface area contributed by atoms with Crippen LogP contribution in [0.4, 0.5) is 11.4 Å². The van der Waals surface area contributed by atoms with Gasteiger partial charge in [0.2, 0.25) is 0 Å². The Morgan fingerprint density at radius 1 is 0.435 bits per heavy atom. The average Bonchev–Trinajstić information content (AvgIpc) is 3.34. The molecule has 0 aromatic heterocycles. The molecule has 0 saturated heterocycles. The minimum atomic E-state index is -1.28. The third-order valence-corrected chi connectivity index (χ3v) is 11.8. The zero-order chi connectivity index (χ0) is 48.7. The van der Waals surface area contributed by atoms with Gasteiger partial charge in [-0.2, -0.15) is 0 Å². The number of nitrogens with one attached hydrogen (secondary N) is 3. The zero-order valence-corrected chi connectivity index (χ0v) is 37.0. The molecule has 0 aliphatic rings. The maximum absolute atomic E-state index is 13.7. The fraction of sp³-hybridized carbons (Fsp3) is 0.0545. The highest BCUT2D eigenvalue weighted by Crippen LogP contribution is 2.36. The van der Waals surface area contributed by atoms with Gasteiger partial charge in [0.25, 0.3) is 11.8 Å². The molecular formula is C55H39N3O11. The van der Waals surface area contributed by atoms with Crippen molar-refractivity contribution in [1.82, 2.24) is 5.32 Å². The highest BCUT2D eigenvalue weighted by Gasteiger charge is 2.21. The number of esters is 2. The third kappa shape index (κ3) is 8.92. The Labute approximate surface area is 392 Å². The van der Waals surface area contributed by atoms with E-state index < -0.39 is 35.7 Å². The number of anilines is 2. The molecule has 0 atom stereocenters. The Hall–Kier alpha value is -9.56. The van der Waals surface area contributed by atoms with E-state index in [1.807, 2.05) is 13.0 Å². The van der Waals surface area contributed by atoms with Crippen LogP contribution in [-0.2, 0) is 0 Å². The average molecular weight is 918 g/mol. The van der Waals surface area contributed by atoms with E-state index in [1.165, 1.54) is 55.6 Å². The molecule has 14 nitrogen and oxygen atoms in total. The van der Waals surface area contributed by atoms with Gasteiger partial charge in [0.05, 0.1) is 33.4 Å². The molecule has 0 saturated carbocycles.